The SMILES string of the molecule is C1#CCCCCCCCCCCCCCCOCC(COCc2ccccc2)OCCCCCCCCCCCCCCC#C1. The van der Waals surface area contributed by atoms with Crippen LogP contribution in [0.15, 0.2) is 30.3 Å². The fourth-order valence-corrected chi connectivity index (χ4v) is 5.97. The molecule has 0 aromatic heterocycles. The Bertz CT molecular complexity index is 874. The molecule has 0 saturated heterocycles. The van der Waals surface area contributed by atoms with Gasteiger partial charge in [0.2, 0.25) is 0 Å². The molecule has 45 heavy (non-hydrogen) atoms. The first-order valence-electron chi connectivity index (χ1n) is 19.2. The highest BCUT2D eigenvalue weighted by Crippen LogP contribution is 2.14. The largest absolute Gasteiger partial charge is 0.379 e. The lowest BCUT2D eigenvalue weighted by molar-refractivity contribution is -0.0645. The van der Waals surface area contributed by atoms with Crippen LogP contribution in [0, 0.1) is 23.7 Å². The predicted octanol–water partition coefficient (Wildman–Crippen LogP) is 11.8. The third-order valence-electron chi connectivity index (χ3n) is 8.85. The lowest BCUT2D eigenvalue weighted by Crippen LogP contribution is -2.26. The van der Waals surface area contributed by atoms with Gasteiger partial charge in [-0.3, -0.25) is 0 Å². The van der Waals surface area contributed by atoms with Gasteiger partial charge in [0, 0.05) is 26.1 Å². The fraction of sp³-hybridized carbons (Fsp3) is 0.762. The zero-order chi connectivity index (χ0) is 31.6. The molecule has 0 saturated carbocycles. The maximum atomic E-state index is 6.25. The van der Waals surface area contributed by atoms with Gasteiger partial charge in [-0.1, -0.05) is 171 Å². The molecule has 1 aromatic carbocycles. The van der Waals surface area contributed by atoms with Crippen molar-refractivity contribution in [3.05, 3.63) is 35.9 Å². The molecule has 1 heterocycles. The number of hydrogen-bond donors (Lipinski definition) is 0. The lowest BCUT2D eigenvalue weighted by atomic mass is 10.0. The van der Waals surface area contributed by atoms with E-state index in [1.165, 1.54) is 147 Å². The summed E-state index contributed by atoms with van der Waals surface area (Å²) in [7, 11) is 0. The van der Waals surface area contributed by atoms with Crippen molar-refractivity contribution in [3.8, 4) is 23.7 Å². The summed E-state index contributed by atoms with van der Waals surface area (Å²) in [5.41, 5.74) is 1.21. The average Bonchev–Trinajstić information content (AvgIpc) is 3.06. The van der Waals surface area contributed by atoms with Crippen LogP contribution in [-0.2, 0) is 20.8 Å². The Morgan fingerprint density at radius 1 is 0.511 bits per heavy atom. The van der Waals surface area contributed by atoms with Crippen LogP contribution in [0.5, 0.6) is 0 Å². The van der Waals surface area contributed by atoms with E-state index in [1.54, 1.807) is 0 Å². The topological polar surface area (TPSA) is 27.7 Å². The zero-order valence-electron chi connectivity index (χ0n) is 29.1. The second-order valence-corrected chi connectivity index (χ2v) is 13.2. The molecule has 254 valence electrons. The van der Waals surface area contributed by atoms with Crippen LogP contribution in [0.4, 0.5) is 0 Å². The maximum absolute atomic E-state index is 6.25. The van der Waals surface area contributed by atoms with Gasteiger partial charge >= 0.3 is 0 Å². The first-order valence-corrected chi connectivity index (χ1v) is 19.2. The summed E-state index contributed by atoms with van der Waals surface area (Å²) in [6.45, 7) is 3.50. The molecule has 0 radical (unpaired) electrons. The molecule has 0 aliphatic carbocycles. The molecule has 2 rings (SSSR count). The number of hydrogen-bond acceptors (Lipinski definition) is 3. The summed E-state index contributed by atoms with van der Waals surface area (Å²) in [5.74, 6) is 12.7. The molecule has 3 heteroatoms. The fourth-order valence-electron chi connectivity index (χ4n) is 5.97. The van der Waals surface area contributed by atoms with Crippen molar-refractivity contribution in [2.75, 3.05) is 26.4 Å². The highest BCUT2D eigenvalue weighted by molar-refractivity contribution is 5.25. The highest BCUT2D eigenvalue weighted by Gasteiger charge is 2.10. The Morgan fingerprint density at radius 2 is 0.933 bits per heavy atom. The average molecular weight is 621 g/mol. The molecule has 0 fully saturated rings. The van der Waals surface area contributed by atoms with Crippen LogP contribution in [0.1, 0.15) is 173 Å². The van der Waals surface area contributed by atoms with Crippen LogP contribution < -0.4 is 0 Å². The molecule has 1 aromatic rings. The molecule has 0 amide bonds. The first-order chi connectivity index (χ1) is 22.4. The van der Waals surface area contributed by atoms with Crippen molar-refractivity contribution < 1.29 is 14.2 Å². The van der Waals surface area contributed by atoms with E-state index < -0.39 is 0 Å². The van der Waals surface area contributed by atoms with Gasteiger partial charge in [-0.05, 0) is 43.1 Å². The molecule has 0 bridgehead atoms. The minimum Gasteiger partial charge on any atom is -0.379 e. The number of ether oxygens (including phenoxy) is 3. The van der Waals surface area contributed by atoms with Crippen molar-refractivity contribution in [2.24, 2.45) is 0 Å². The second kappa shape index (κ2) is 32.2. The molecule has 1 atom stereocenters. The monoisotopic (exact) mass is 621 g/mol. The van der Waals surface area contributed by atoms with Crippen LogP contribution in [0.25, 0.3) is 0 Å². The summed E-state index contributed by atoms with van der Waals surface area (Å²) in [4.78, 5) is 0. The number of benzene rings is 1. The van der Waals surface area contributed by atoms with Crippen molar-refractivity contribution in [1.82, 2.24) is 0 Å². The molecular weight excluding hydrogens is 552 g/mol. The molecule has 3 nitrogen and oxygen atoms in total. The Hall–Kier alpha value is -1.78. The molecule has 1 unspecified atom stereocenters. The molecular formula is C42H68O3. The Morgan fingerprint density at radius 3 is 1.42 bits per heavy atom. The summed E-state index contributed by atoms with van der Waals surface area (Å²) >= 11 is 0. The molecule has 1 aliphatic rings. The minimum absolute atomic E-state index is 0.0205. The zero-order valence-corrected chi connectivity index (χ0v) is 29.1. The van der Waals surface area contributed by atoms with Crippen LogP contribution in [-0.4, -0.2) is 32.5 Å². The Labute approximate surface area is 279 Å². The normalized spacial score (nSPS) is 21.7. The first kappa shape index (κ1) is 39.4. The standard InChI is InChI=1S/C42H68O3/c1-2-4-6-8-10-12-14-16-18-20-22-24-26-28-33-37-45-42(40-44-38-41-34-30-29-31-35-41)39-43-36-32-27-25-23-21-19-17-15-13-11-9-7-5-3-1/h29-31,34-35,42H,5-28,32-33,36-40H2. The van der Waals surface area contributed by atoms with E-state index in [0.29, 0.717) is 19.8 Å². The lowest BCUT2D eigenvalue weighted by Gasteiger charge is -2.18. The summed E-state index contributed by atoms with van der Waals surface area (Å²) in [5, 5.41) is 0. The van der Waals surface area contributed by atoms with E-state index in [0.717, 1.165) is 38.9 Å². The van der Waals surface area contributed by atoms with Crippen LogP contribution in [0.2, 0.25) is 0 Å². The third kappa shape index (κ3) is 27.1. The van der Waals surface area contributed by atoms with Crippen molar-refractivity contribution in [2.45, 2.75) is 180 Å². The van der Waals surface area contributed by atoms with E-state index in [2.05, 4.69) is 47.9 Å². The maximum Gasteiger partial charge on any atom is 0.104 e. The highest BCUT2D eigenvalue weighted by atomic mass is 16.6. The smallest absolute Gasteiger partial charge is 0.104 e. The van der Waals surface area contributed by atoms with Gasteiger partial charge in [0.25, 0.3) is 0 Å². The van der Waals surface area contributed by atoms with Gasteiger partial charge in [0.05, 0.1) is 19.8 Å². The van der Waals surface area contributed by atoms with Gasteiger partial charge in [-0.15, -0.1) is 0 Å². The predicted molar refractivity (Wildman–Crippen MR) is 192 cm³/mol. The molecule has 0 spiro atoms. The van der Waals surface area contributed by atoms with Gasteiger partial charge in [0.15, 0.2) is 0 Å². The Balaban J connectivity index is 1.63. The van der Waals surface area contributed by atoms with Crippen molar-refractivity contribution in [1.29, 1.82) is 0 Å². The minimum atomic E-state index is 0.0205. The van der Waals surface area contributed by atoms with Crippen LogP contribution >= 0.6 is 0 Å². The van der Waals surface area contributed by atoms with Crippen molar-refractivity contribution in [3.63, 3.8) is 0 Å². The van der Waals surface area contributed by atoms with Crippen molar-refractivity contribution >= 4 is 0 Å². The third-order valence-corrected chi connectivity index (χ3v) is 8.85. The quantitative estimate of drug-likeness (QED) is 0.313. The molecule has 0 N–H and O–H groups in total. The van der Waals surface area contributed by atoms with Gasteiger partial charge in [-0.25, -0.2) is 0 Å². The van der Waals surface area contributed by atoms with E-state index >= 15 is 0 Å². The summed E-state index contributed by atoms with van der Waals surface area (Å²) in [6, 6.07) is 10.4. The van der Waals surface area contributed by atoms with E-state index in [1.807, 2.05) is 6.07 Å². The van der Waals surface area contributed by atoms with E-state index in [9.17, 15) is 0 Å². The second-order valence-electron chi connectivity index (χ2n) is 13.2. The summed E-state index contributed by atoms with van der Waals surface area (Å²) in [6.07, 6.45) is 33.9. The van der Waals surface area contributed by atoms with E-state index in [4.69, 9.17) is 14.2 Å². The Kier molecular flexibility index (Phi) is 28.2. The summed E-state index contributed by atoms with van der Waals surface area (Å²) < 4.78 is 18.3. The van der Waals surface area contributed by atoms with Gasteiger partial charge < -0.3 is 14.2 Å². The number of rotatable bonds is 4. The van der Waals surface area contributed by atoms with Crippen LogP contribution in [0.3, 0.4) is 0 Å². The van der Waals surface area contributed by atoms with Gasteiger partial charge in [0.1, 0.15) is 6.10 Å². The van der Waals surface area contributed by atoms with E-state index in [-0.39, 0.29) is 6.10 Å². The molecule has 1 aliphatic heterocycles. The van der Waals surface area contributed by atoms with Gasteiger partial charge in [-0.2, -0.15) is 0 Å².